The van der Waals surface area contributed by atoms with Crippen molar-refractivity contribution in [1.82, 2.24) is 15.0 Å². The van der Waals surface area contributed by atoms with Gasteiger partial charge in [0.1, 0.15) is 28.6 Å². The molecule has 190 valence electrons. The number of alkyl halides is 2. The van der Waals surface area contributed by atoms with Gasteiger partial charge in [-0.05, 0) is 50.5 Å². The predicted molar refractivity (Wildman–Crippen MR) is 126 cm³/mol. The van der Waals surface area contributed by atoms with Gasteiger partial charge in [0.15, 0.2) is 0 Å². The number of nitrogens with zero attached hydrogens (tertiary/aromatic N) is 3. The smallest absolute Gasteiger partial charge is 0.257 e. The molecule has 0 saturated heterocycles. The number of halogens is 4. The second kappa shape index (κ2) is 9.57. The Balaban J connectivity index is 1.78. The lowest BCUT2D eigenvalue weighted by Gasteiger charge is -2.34. The minimum Gasteiger partial charge on any atom is -0.384 e. The van der Waals surface area contributed by atoms with Gasteiger partial charge in [0.05, 0.1) is 16.9 Å². The maximum absolute atomic E-state index is 14.7. The van der Waals surface area contributed by atoms with Crippen molar-refractivity contribution in [3.63, 3.8) is 0 Å². The molecule has 2 unspecified atom stereocenters. The van der Waals surface area contributed by atoms with Gasteiger partial charge >= 0.3 is 0 Å². The maximum atomic E-state index is 14.7. The lowest BCUT2D eigenvalue weighted by Crippen LogP contribution is -2.31. The molecule has 2 atom stereocenters. The normalized spacial score (nSPS) is 19.7. The molecule has 1 saturated carbocycles. The van der Waals surface area contributed by atoms with E-state index in [0.717, 1.165) is 12.3 Å². The zero-order chi connectivity index (χ0) is 26.3. The van der Waals surface area contributed by atoms with Crippen molar-refractivity contribution in [2.24, 2.45) is 5.92 Å². The number of carbonyl (C=O) groups is 1. The minimum absolute atomic E-state index is 0.0491. The van der Waals surface area contributed by atoms with E-state index in [-0.39, 0.29) is 47.5 Å². The van der Waals surface area contributed by atoms with Gasteiger partial charge in [-0.3, -0.25) is 19.7 Å². The fraction of sp³-hybridized carbons (Fsp3) is 0.385. The van der Waals surface area contributed by atoms with Gasteiger partial charge in [-0.25, -0.2) is 17.6 Å². The van der Waals surface area contributed by atoms with Crippen LogP contribution >= 0.6 is 0 Å². The van der Waals surface area contributed by atoms with E-state index in [4.69, 9.17) is 0 Å². The minimum atomic E-state index is -2.80. The average Bonchev–Trinajstić information content (AvgIpc) is 2.78. The highest BCUT2D eigenvalue weighted by atomic mass is 19.3. The Morgan fingerprint density at radius 1 is 1.14 bits per heavy atom. The largest absolute Gasteiger partial charge is 0.384 e. The molecule has 3 aromatic heterocycles. The van der Waals surface area contributed by atoms with Crippen LogP contribution in [0.25, 0.3) is 11.3 Å². The summed E-state index contributed by atoms with van der Waals surface area (Å²) in [6.45, 7) is 4.42. The summed E-state index contributed by atoms with van der Waals surface area (Å²) in [6.07, 6.45) is 3.37. The summed E-state index contributed by atoms with van der Waals surface area (Å²) in [7, 11) is 0. The van der Waals surface area contributed by atoms with Crippen LogP contribution in [0, 0.1) is 17.6 Å². The van der Waals surface area contributed by atoms with Crippen molar-refractivity contribution < 1.29 is 27.5 Å². The molecule has 6 nitrogen and oxygen atoms in total. The third-order valence-electron chi connectivity index (χ3n) is 6.40. The highest BCUT2D eigenvalue weighted by molar-refractivity contribution is 6.06. The summed E-state index contributed by atoms with van der Waals surface area (Å²) in [6, 6.07) is 5.05. The van der Waals surface area contributed by atoms with E-state index in [9.17, 15) is 27.5 Å². The molecular weight excluding hydrogens is 476 g/mol. The van der Waals surface area contributed by atoms with Crippen LogP contribution in [0.1, 0.15) is 67.7 Å². The van der Waals surface area contributed by atoms with Gasteiger partial charge in [-0.1, -0.05) is 6.92 Å². The van der Waals surface area contributed by atoms with Gasteiger partial charge in [-0.15, -0.1) is 0 Å². The van der Waals surface area contributed by atoms with Gasteiger partial charge in [0.25, 0.3) is 5.91 Å². The summed E-state index contributed by atoms with van der Waals surface area (Å²) in [5.74, 6) is -5.97. The Morgan fingerprint density at radius 2 is 1.89 bits per heavy atom. The molecule has 0 spiro atoms. The molecule has 0 aliphatic heterocycles. The van der Waals surface area contributed by atoms with Crippen molar-refractivity contribution >= 4 is 11.6 Å². The van der Waals surface area contributed by atoms with Gasteiger partial charge in [0.2, 0.25) is 5.92 Å². The van der Waals surface area contributed by atoms with Crippen LogP contribution in [-0.2, 0) is 5.60 Å². The molecular formula is C26H26F4N4O2. The summed E-state index contributed by atoms with van der Waals surface area (Å²) in [4.78, 5) is 25.6. The second-order valence-electron chi connectivity index (χ2n) is 9.70. The van der Waals surface area contributed by atoms with E-state index in [2.05, 4.69) is 20.3 Å². The predicted octanol–water partition coefficient (Wildman–Crippen LogP) is 5.84. The monoisotopic (exact) mass is 502 g/mol. The zero-order valence-electron chi connectivity index (χ0n) is 20.0. The van der Waals surface area contributed by atoms with Crippen molar-refractivity contribution in [2.45, 2.75) is 57.5 Å². The van der Waals surface area contributed by atoms with Crippen molar-refractivity contribution in [3.05, 3.63) is 71.4 Å². The molecule has 36 heavy (non-hydrogen) atoms. The third kappa shape index (κ3) is 5.23. The Hall–Kier alpha value is -3.40. The molecule has 0 radical (unpaired) electrons. The van der Waals surface area contributed by atoms with Crippen molar-refractivity contribution in [2.75, 3.05) is 5.32 Å². The topological polar surface area (TPSA) is 88.0 Å². The van der Waals surface area contributed by atoms with E-state index in [0.29, 0.717) is 5.69 Å². The number of rotatable bonds is 5. The van der Waals surface area contributed by atoms with Crippen LogP contribution in [0.4, 0.5) is 23.2 Å². The van der Waals surface area contributed by atoms with E-state index in [1.165, 1.54) is 44.4 Å². The molecule has 3 heterocycles. The van der Waals surface area contributed by atoms with E-state index >= 15 is 0 Å². The molecule has 2 N–H and O–H groups in total. The van der Waals surface area contributed by atoms with E-state index in [1.807, 2.05) is 0 Å². The molecule has 3 aromatic rings. The number of hydrogen-bond acceptors (Lipinski definition) is 5. The maximum Gasteiger partial charge on any atom is 0.257 e. The van der Waals surface area contributed by atoms with Crippen LogP contribution in [0.5, 0.6) is 0 Å². The Labute approximate surface area is 205 Å². The number of carbonyl (C=O) groups excluding carboxylic acids is 1. The Kier molecular flexibility index (Phi) is 6.83. The molecule has 0 bridgehead atoms. The Morgan fingerprint density at radius 3 is 2.53 bits per heavy atom. The number of hydrogen-bond donors (Lipinski definition) is 2. The average molecular weight is 503 g/mol. The van der Waals surface area contributed by atoms with Crippen LogP contribution in [0.3, 0.4) is 0 Å². The standard InChI is InChI=1S/C26H26F4N4O2/c1-14-12-26(29,30)8-6-16(14)21-22(17(7-10-32-21)20-18(27)5-4-9-31-20)34-24(35)15-11-19(28)23(33-13-15)25(2,3)36/h4-5,7,9-11,13-14,16,36H,6,8,12H2,1-3H3,(H,34,35). The molecule has 1 amide bonds. The van der Waals surface area contributed by atoms with E-state index in [1.54, 1.807) is 6.92 Å². The van der Waals surface area contributed by atoms with Gasteiger partial charge < -0.3 is 10.4 Å². The van der Waals surface area contributed by atoms with Crippen molar-refractivity contribution in [1.29, 1.82) is 0 Å². The highest BCUT2D eigenvalue weighted by Gasteiger charge is 2.41. The second-order valence-corrected chi connectivity index (χ2v) is 9.70. The third-order valence-corrected chi connectivity index (χ3v) is 6.40. The van der Waals surface area contributed by atoms with Crippen LogP contribution in [0.15, 0.2) is 42.9 Å². The fourth-order valence-electron chi connectivity index (χ4n) is 4.64. The number of nitrogens with one attached hydrogen (secondary N) is 1. The van der Waals surface area contributed by atoms with Gasteiger partial charge in [0, 0.05) is 42.9 Å². The molecule has 1 fully saturated rings. The van der Waals surface area contributed by atoms with Gasteiger partial charge in [-0.2, -0.15) is 0 Å². The summed E-state index contributed by atoms with van der Waals surface area (Å²) >= 11 is 0. The Bertz CT molecular complexity index is 1290. The highest BCUT2D eigenvalue weighted by Crippen LogP contribution is 2.47. The fourth-order valence-corrected chi connectivity index (χ4v) is 4.64. The van der Waals surface area contributed by atoms with E-state index < -0.39 is 40.9 Å². The number of anilines is 1. The van der Waals surface area contributed by atoms with Crippen molar-refractivity contribution in [3.8, 4) is 11.3 Å². The molecule has 10 heteroatoms. The summed E-state index contributed by atoms with van der Waals surface area (Å²) in [5.41, 5.74) is -1.31. The number of aliphatic hydroxyl groups is 1. The lowest BCUT2D eigenvalue weighted by atomic mass is 9.76. The van der Waals surface area contributed by atoms with Crippen LogP contribution in [-0.4, -0.2) is 31.9 Å². The summed E-state index contributed by atoms with van der Waals surface area (Å²) < 4.78 is 57.3. The molecule has 1 aliphatic rings. The molecule has 1 aliphatic carbocycles. The number of aromatic nitrogens is 3. The first-order chi connectivity index (χ1) is 16.9. The summed E-state index contributed by atoms with van der Waals surface area (Å²) in [5, 5.41) is 12.7. The first-order valence-electron chi connectivity index (χ1n) is 11.5. The number of pyridine rings is 3. The molecule has 4 rings (SSSR count). The van der Waals surface area contributed by atoms with Crippen LogP contribution < -0.4 is 5.32 Å². The first-order valence-corrected chi connectivity index (χ1v) is 11.5. The SMILES string of the molecule is CC1CC(F)(F)CCC1c1nccc(-c2ncccc2F)c1NC(=O)c1cnc(C(C)(C)O)c(F)c1. The van der Waals surface area contributed by atoms with Crippen LogP contribution in [0.2, 0.25) is 0 Å². The molecule has 0 aromatic carbocycles. The quantitative estimate of drug-likeness (QED) is 0.429. The lowest BCUT2D eigenvalue weighted by molar-refractivity contribution is -0.0558. The zero-order valence-corrected chi connectivity index (χ0v) is 20.0. The number of amides is 1. The first kappa shape index (κ1) is 25.7.